The summed E-state index contributed by atoms with van der Waals surface area (Å²) in [5.41, 5.74) is 7.79. The Balaban J connectivity index is 2.06. The summed E-state index contributed by atoms with van der Waals surface area (Å²) < 4.78 is 22.3. The second-order valence-corrected chi connectivity index (χ2v) is 7.68. The van der Waals surface area contributed by atoms with Crippen molar-refractivity contribution in [1.82, 2.24) is 4.98 Å². The van der Waals surface area contributed by atoms with Gasteiger partial charge in [-0.1, -0.05) is 30.3 Å². The fourth-order valence-electron chi connectivity index (χ4n) is 1.82. The van der Waals surface area contributed by atoms with E-state index in [9.17, 15) is 8.42 Å². The molecule has 0 radical (unpaired) electrons. The lowest BCUT2D eigenvalue weighted by Crippen LogP contribution is -2.31. The van der Waals surface area contributed by atoms with Crippen LogP contribution in [0.1, 0.15) is 5.01 Å². The molecule has 0 spiro atoms. The highest BCUT2D eigenvalue weighted by molar-refractivity contribution is 7.90. The Morgan fingerprint density at radius 1 is 1.32 bits per heavy atom. The largest absolute Gasteiger partial charge is 0.326 e. The van der Waals surface area contributed by atoms with Crippen LogP contribution in [-0.2, 0) is 16.3 Å². The zero-order chi connectivity index (χ0) is 13.9. The quantitative estimate of drug-likeness (QED) is 0.912. The van der Waals surface area contributed by atoms with Crippen LogP contribution in [0, 0.1) is 0 Å². The number of hydrogen-bond donors (Lipinski definition) is 1. The molecule has 2 aromatic rings. The van der Waals surface area contributed by atoms with Crippen LogP contribution in [-0.4, -0.2) is 31.5 Å². The number of benzene rings is 1. The van der Waals surface area contributed by atoms with E-state index >= 15 is 0 Å². The molecule has 0 aliphatic heterocycles. The lowest BCUT2D eigenvalue weighted by Gasteiger charge is -2.07. The first-order chi connectivity index (χ1) is 8.94. The molecule has 0 saturated carbocycles. The number of thiazole rings is 1. The summed E-state index contributed by atoms with van der Waals surface area (Å²) in [6.07, 6.45) is 1.69. The van der Waals surface area contributed by atoms with Crippen LogP contribution in [0.25, 0.3) is 11.3 Å². The SMILES string of the molecule is CS(=O)(=O)CC(N)Cc1nc(-c2ccccc2)cs1. The second kappa shape index (κ2) is 5.81. The van der Waals surface area contributed by atoms with Gasteiger partial charge in [-0.05, 0) is 0 Å². The molecular formula is C13H16N2O2S2. The Hall–Kier alpha value is -1.24. The molecule has 0 saturated heterocycles. The third-order valence-corrected chi connectivity index (χ3v) is 4.48. The zero-order valence-electron chi connectivity index (χ0n) is 10.6. The highest BCUT2D eigenvalue weighted by Gasteiger charge is 2.14. The molecule has 1 aromatic carbocycles. The fourth-order valence-corrected chi connectivity index (χ4v) is 3.61. The Morgan fingerprint density at radius 3 is 2.63 bits per heavy atom. The third kappa shape index (κ3) is 4.41. The average molecular weight is 296 g/mol. The summed E-state index contributed by atoms with van der Waals surface area (Å²) in [6, 6.07) is 9.47. The number of sulfone groups is 1. The molecule has 6 heteroatoms. The minimum absolute atomic E-state index is 0.00670. The van der Waals surface area contributed by atoms with Gasteiger partial charge in [0, 0.05) is 29.7 Å². The molecule has 0 bridgehead atoms. The Kier molecular flexibility index (Phi) is 4.34. The number of nitrogens with zero attached hydrogens (tertiary/aromatic N) is 1. The minimum atomic E-state index is -3.04. The Bertz CT molecular complexity index is 636. The van der Waals surface area contributed by atoms with Crippen molar-refractivity contribution in [2.45, 2.75) is 12.5 Å². The van der Waals surface area contributed by atoms with Crippen LogP contribution in [0.4, 0.5) is 0 Å². The van der Waals surface area contributed by atoms with Crippen molar-refractivity contribution in [2.24, 2.45) is 5.73 Å². The maximum Gasteiger partial charge on any atom is 0.148 e. The summed E-state index contributed by atoms with van der Waals surface area (Å²) in [4.78, 5) is 4.49. The van der Waals surface area contributed by atoms with Crippen molar-refractivity contribution in [2.75, 3.05) is 12.0 Å². The van der Waals surface area contributed by atoms with Gasteiger partial charge in [-0.3, -0.25) is 0 Å². The van der Waals surface area contributed by atoms with E-state index in [0.29, 0.717) is 6.42 Å². The number of hydrogen-bond acceptors (Lipinski definition) is 5. The van der Waals surface area contributed by atoms with Crippen molar-refractivity contribution in [1.29, 1.82) is 0 Å². The smallest absolute Gasteiger partial charge is 0.148 e. The molecule has 1 atom stereocenters. The summed E-state index contributed by atoms with van der Waals surface area (Å²) in [5.74, 6) is -0.00670. The standard InChI is InChI=1S/C13H16N2O2S2/c1-19(16,17)9-11(14)7-13-15-12(8-18-13)10-5-3-2-4-6-10/h2-6,8,11H,7,9,14H2,1H3. The molecular weight excluding hydrogens is 280 g/mol. The van der Waals surface area contributed by atoms with Gasteiger partial charge in [-0.25, -0.2) is 13.4 Å². The predicted octanol–water partition coefficient (Wildman–Crippen LogP) is 1.72. The summed E-state index contributed by atoms with van der Waals surface area (Å²) in [7, 11) is -3.04. The van der Waals surface area contributed by atoms with Crippen LogP contribution >= 0.6 is 11.3 Å². The van der Waals surface area contributed by atoms with Gasteiger partial charge in [-0.2, -0.15) is 0 Å². The molecule has 0 amide bonds. The molecule has 0 aliphatic rings. The van der Waals surface area contributed by atoms with Gasteiger partial charge < -0.3 is 5.73 Å². The van der Waals surface area contributed by atoms with Gasteiger partial charge in [0.1, 0.15) is 9.84 Å². The van der Waals surface area contributed by atoms with Crippen LogP contribution in [0.2, 0.25) is 0 Å². The lowest BCUT2D eigenvalue weighted by molar-refractivity contribution is 0.591. The molecule has 1 heterocycles. The van der Waals surface area contributed by atoms with Crippen LogP contribution < -0.4 is 5.73 Å². The Morgan fingerprint density at radius 2 is 2.00 bits per heavy atom. The summed E-state index contributed by atoms with van der Waals surface area (Å²) in [5, 5.41) is 2.84. The molecule has 2 rings (SSSR count). The van der Waals surface area contributed by atoms with E-state index in [1.807, 2.05) is 35.7 Å². The van der Waals surface area contributed by atoms with Crippen LogP contribution in [0.15, 0.2) is 35.7 Å². The molecule has 19 heavy (non-hydrogen) atoms. The molecule has 0 fully saturated rings. The molecule has 1 unspecified atom stereocenters. The third-order valence-electron chi connectivity index (χ3n) is 2.57. The van der Waals surface area contributed by atoms with Gasteiger partial charge in [0.15, 0.2) is 0 Å². The van der Waals surface area contributed by atoms with Crippen molar-refractivity contribution in [3.63, 3.8) is 0 Å². The normalized spacial score (nSPS) is 13.4. The summed E-state index contributed by atoms with van der Waals surface area (Å²) >= 11 is 1.51. The fraction of sp³-hybridized carbons (Fsp3) is 0.308. The van der Waals surface area contributed by atoms with E-state index in [-0.39, 0.29) is 5.75 Å². The van der Waals surface area contributed by atoms with E-state index in [1.165, 1.54) is 17.6 Å². The molecule has 1 aromatic heterocycles. The lowest BCUT2D eigenvalue weighted by atomic mass is 10.2. The van der Waals surface area contributed by atoms with Gasteiger partial charge in [-0.15, -0.1) is 11.3 Å². The number of nitrogens with two attached hydrogens (primary N) is 1. The van der Waals surface area contributed by atoms with E-state index < -0.39 is 15.9 Å². The maximum atomic E-state index is 11.2. The molecule has 0 aliphatic carbocycles. The van der Waals surface area contributed by atoms with Gasteiger partial charge in [0.25, 0.3) is 0 Å². The maximum absolute atomic E-state index is 11.2. The molecule has 102 valence electrons. The van der Waals surface area contributed by atoms with Crippen molar-refractivity contribution in [3.8, 4) is 11.3 Å². The number of aromatic nitrogens is 1. The zero-order valence-corrected chi connectivity index (χ0v) is 12.2. The van der Waals surface area contributed by atoms with E-state index in [4.69, 9.17) is 5.73 Å². The van der Waals surface area contributed by atoms with Gasteiger partial charge in [0.05, 0.1) is 16.5 Å². The number of rotatable bonds is 5. The van der Waals surface area contributed by atoms with Crippen LogP contribution in [0.3, 0.4) is 0 Å². The van der Waals surface area contributed by atoms with Crippen LogP contribution in [0.5, 0.6) is 0 Å². The first-order valence-electron chi connectivity index (χ1n) is 5.87. The molecule has 4 nitrogen and oxygen atoms in total. The monoisotopic (exact) mass is 296 g/mol. The van der Waals surface area contributed by atoms with Crippen molar-refractivity contribution < 1.29 is 8.42 Å². The first-order valence-corrected chi connectivity index (χ1v) is 8.81. The highest BCUT2D eigenvalue weighted by Crippen LogP contribution is 2.22. The minimum Gasteiger partial charge on any atom is -0.326 e. The second-order valence-electron chi connectivity index (χ2n) is 4.55. The Labute approximate surface area is 117 Å². The highest BCUT2D eigenvalue weighted by atomic mass is 32.2. The average Bonchev–Trinajstić information content (AvgIpc) is 2.76. The first kappa shape index (κ1) is 14.2. The topological polar surface area (TPSA) is 73.0 Å². The summed E-state index contributed by atoms with van der Waals surface area (Å²) in [6.45, 7) is 0. The van der Waals surface area contributed by atoms with Crippen molar-refractivity contribution in [3.05, 3.63) is 40.7 Å². The van der Waals surface area contributed by atoms with E-state index in [2.05, 4.69) is 4.98 Å². The van der Waals surface area contributed by atoms with Gasteiger partial charge in [0.2, 0.25) is 0 Å². The predicted molar refractivity (Wildman–Crippen MR) is 78.9 cm³/mol. The van der Waals surface area contributed by atoms with E-state index in [1.54, 1.807) is 0 Å². The van der Waals surface area contributed by atoms with E-state index in [0.717, 1.165) is 16.3 Å². The molecule has 2 N–H and O–H groups in total. The van der Waals surface area contributed by atoms with Gasteiger partial charge >= 0.3 is 0 Å². The van der Waals surface area contributed by atoms with Crippen molar-refractivity contribution >= 4 is 21.2 Å².